The number of allylic oxidation sites excluding steroid dienone is 1. The van der Waals surface area contributed by atoms with Gasteiger partial charge in [-0.25, -0.2) is 10.0 Å². The van der Waals surface area contributed by atoms with Gasteiger partial charge in [0.05, 0.1) is 37.5 Å². The lowest BCUT2D eigenvalue weighted by molar-refractivity contribution is -0.746. The average Bonchev–Trinajstić information content (AvgIpc) is 3.20. The number of methoxy groups -OCH3 is 1. The van der Waals surface area contributed by atoms with Gasteiger partial charge in [0.25, 0.3) is 0 Å². The van der Waals surface area contributed by atoms with Gasteiger partial charge in [0.15, 0.2) is 6.20 Å². The fraction of sp³-hybridized carbons (Fsp3) is 0.250. The molecule has 0 N–H and O–H groups in total. The number of hydrogen-bond donors (Lipinski definition) is 0. The number of hydrogen-bond acceptors (Lipinski definition) is 5. The van der Waals surface area contributed by atoms with Crippen LogP contribution in [0.15, 0.2) is 82.8 Å². The highest BCUT2D eigenvalue weighted by Gasteiger charge is 2.46. The van der Waals surface area contributed by atoms with Gasteiger partial charge < -0.3 is 9.47 Å². The minimum absolute atomic E-state index is 0.447. The Hall–Kier alpha value is -3.38. The van der Waals surface area contributed by atoms with Crippen LogP contribution < -0.4 is 14.5 Å². The zero-order chi connectivity index (χ0) is 20.4. The Morgan fingerprint density at radius 2 is 1.93 bits per heavy atom. The first-order valence-corrected chi connectivity index (χ1v) is 10.3. The quantitative estimate of drug-likeness (QED) is 0.626. The summed E-state index contributed by atoms with van der Waals surface area (Å²) in [6.07, 6.45) is 13.3. The molecule has 0 aromatic heterocycles. The van der Waals surface area contributed by atoms with Gasteiger partial charge in [0.1, 0.15) is 18.1 Å². The summed E-state index contributed by atoms with van der Waals surface area (Å²) >= 11 is 0. The second kappa shape index (κ2) is 7.80. The van der Waals surface area contributed by atoms with E-state index in [2.05, 4.69) is 39.4 Å². The van der Waals surface area contributed by atoms with Crippen LogP contribution >= 0.6 is 0 Å². The molecule has 6 heteroatoms. The number of ether oxygens (including phenoxy) is 2. The zero-order valence-electron chi connectivity index (χ0n) is 17.0. The van der Waals surface area contributed by atoms with Crippen molar-refractivity contribution in [3.63, 3.8) is 0 Å². The topological polar surface area (TPSA) is 46.4 Å². The molecule has 1 aliphatic carbocycles. The SMILES string of the molecule is COc1cccc(COc2cccc(N(C3CCC3)[N+]34C=CN=CC3=CN=C4)c2)c1. The molecule has 1 saturated carbocycles. The molecule has 3 aliphatic rings. The Balaban J connectivity index is 1.42. The Morgan fingerprint density at radius 3 is 2.77 bits per heavy atom. The normalized spacial score (nSPS) is 21.7. The van der Waals surface area contributed by atoms with Gasteiger partial charge in [-0.15, -0.1) is 4.59 Å². The molecule has 5 rings (SSSR count). The highest BCUT2D eigenvalue weighted by Crippen LogP contribution is 2.40. The molecule has 6 nitrogen and oxygen atoms in total. The standard InChI is InChI=1S/C24H25N4O2/c1-29-23-9-2-5-19(13-23)17-30-24-10-4-8-21(14-24)27(20-6-3-7-20)28-12-11-25-15-22(28)16-26-18-28/h2,4-5,8-16,18,20H,3,6-7,17H2,1H3/q+1. The van der Waals surface area contributed by atoms with Crippen molar-refractivity contribution >= 4 is 18.2 Å². The monoisotopic (exact) mass is 401 g/mol. The summed E-state index contributed by atoms with van der Waals surface area (Å²) in [6.45, 7) is 0.489. The van der Waals surface area contributed by atoms with E-state index in [9.17, 15) is 0 Å². The second-order valence-electron chi connectivity index (χ2n) is 7.70. The average molecular weight is 401 g/mol. The van der Waals surface area contributed by atoms with Crippen LogP contribution in [0.4, 0.5) is 5.69 Å². The number of fused-ring (bicyclic) bond motifs is 1. The van der Waals surface area contributed by atoms with Crippen molar-refractivity contribution in [2.45, 2.75) is 31.9 Å². The van der Waals surface area contributed by atoms with Gasteiger partial charge in [-0.3, -0.25) is 4.99 Å². The van der Waals surface area contributed by atoms with E-state index in [0.29, 0.717) is 17.2 Å². The number of rotatable bonds is 7. The van der Waals surface area contributed by atoms with Crippen molar-refractivity contribution in [3.05, 3.63) is 78.4 Å². The van der Waals surface area contributed by atoms with Crippen LogP contribution in [0.25, 0.3) is 0 Å². The third-order valence-corrected chi connectivity index (χ3v) is 5.85. The Labute approximate surface area is 176 Å². The highest BCUT2D eigenvalue weighted by molar-refractivity contribution is 5.82. The summed E-state index contributed by atoms with van der Waals surface area (Å²) in [6, 6.07) is 16.7. The summed E-state index contributed by atoms with van der Waals surface area (Å²) < 4.78 is 11.9. The van der Waals surface area contributed by atoms with Gasteiger partial charge >= 0.3 is 0 Å². The summed E-state index contributed by atoms with van der Waals surface area (Å²) in [4.78, 5) is 8.77. The van der Waals surface area contributed by atoms with E-state index in [1.165, 1.54) is 19.3 Å². The zero-order valence-corrected chi connectivity index (χ0v) is 17.0. The molecule has 0 bridgehead atoms. The molecule has 2 aromatic rings. The van der Waals surface area contributed by atoms with E-state index in [1.54, 1.807) is 7.11 Å². The van der Waals surface area contributed by atoms with Crippen molar-refractivity contribution in [2.75, 3.05) is 12.1 Å². The maximum atomic E-state index is 6.13. The first-order chi connectivity index (χ1) is 14.8. The second-order valence-corrected chi connectivity index (χ2v) is 7.70. The molecule has 1 atom stereocenters. The highest BCUT2D eigenvalue weighted by atomic mass is 16.5. The molecule has 1 unspecified atom stereocenters. The Bertz CT molecular complexity index is 1050. The minimum Gasteiger partial charge on any atom is -0.497 e. The van der Waals surface area contributed by atoms with Crippen LogP contribution in [0, 0.1) is 0 Å². The predicted octanol–water partition coefficient (Wildman–Crippen LogP) is 4.80. The van der Waals surface area contributed by atoms with Crippen molar-refractivity contribution in [1.82, 2.24) is 0 Å². The first kappa shape index (κ1) is 18.6. The Kier molecular flexibility index (Phi) is 4.85. The lowest BCUT2D eigenvalue weighted by Gasteiger charge is -2.46. The molecule has 0 saturated heterocycles. The molecule has 2 heterocycles. The van der Waals surface area contributed by atoms with E-state index in [4.69, 9.17) is 9.47 Å². The van der Waals surface area contributed by atoms with E-state index in [1.807, 2.05) is 55.3 Å². The Morgan fingerprint density at radius 1 is 1.07 bits per heavy atom. The van der Waals surface area contributed by atoms with Crippen LogP contribution in [0.1, 0.15) is 24.8 Å². The van der Waals surface area contributed by atoms with E-state index in [-0.39, 0.29) is 0 Å². The van der Waals surface area contributed by atoms with Crippen molar-refractivity contribution < 1.29 is 14.1 Å². The van der Waals surface area contributed by atoms with Crippen LogP contribution in [0.2, 0.25) is 0 Å². The number of benzene rings is 2. The summed E-state index contributed by atoms with van der Waals surface area (Å²) in [5, 5.41) is 2.42. The van der Waals surface area contributed by atoms with Gasteiger partial charge in [0.2, 0.25) is 12.0 Å². The molecule has 0 spiro atoms. The van der Waals surface area contributed by atoms with Gasteiger partial charge in [-0.05, 0) is 49.1 Å². The number of nitrogens with zero attached hydrogens (tertiary/aromatic N) is 4. The van der Waals surface area contributed by atoms with E-state index >= 15 is 0 Å². The molecule has 2 aliphatic heterocycles. The summed E-state index contributed by atoms with van der Waals surface area (Å²) in [5.41, 5.74) is 3.23. The smallest absolute Gasteiger partial charge is 0.225 e. The molecule has 1 fully saturated rings. The number of aliphatic imine (C=N–C) groups is 2. The fourth-order valence-corrected chi connectivity index (χ4v) is 4.08. The number of anilines is 1. The third kappa shape index (κ3) is 3.29. The molecular weight excluding hydrogens is 376 g/mol. The third-order valence-electron chi connectivity index (χ3n) is 5.85. The predicted molar refractivity (Wildman–Crippen MR) is 118 cm³/mol. The number of quaternary nitrogens is 1. The maximum absolute atomic E-state index is 6.13. The van der Waals surface area contributed by atoms with Crippen molar-refractivity contribution in [2.24, 2.45) is 9.98 Å². The molecule has 0 amide bonds. The van der Waals surface area contributed by atoms with E-state index in [0.717, 1.165) is 28.4 Å². The van der Waals surface area contributed by atoms with Gasteiger partial charge in [0, 0.05) is 6.07 Å². The van der Waals surface area contributed by atoms with E-state index < -0.39 is 0 Å². The maximum Gasteiger partial charge on any atom is 0.225 e. The van der Waals surface area contributed by atoms with Gasteiger partial charge in [-0.2, -0.15) is 0 Å². The largest absolute Gasteiger partial charge is 0.497 e. The molecule has 0 radical (unpaired) electrons. The van der Waals surface area contributed by atoms with Crippen LogP contribution in [-0.4, -0.2) is 30.3 Å². The lowest BCUT2D eigenvalue weighted by Crippen LogP contribution is -2.61. The van der Waals surface area contributed by atoms with Crippen LogP contribution in [-0.2, 0) is 6.61 Å². The molecule has 2 aromatic carbocycles. The van der Waals surface area contributed by atoms with Crippen molar-refractivity contribution in [1.29, 1.82) is 0 Å². The minimum atomic E-state index is 0.447. The van der Waals surface area contributed by atoms with Crippen molar-refractivity contribution in [3.8, 4) is 11.5 Å². The van der Waals surface area contributed by atoms with Crippen LogP contribution in [0.3, 0.4) is 0 Å². The lowest BCUT2D eigenvalue weighted by atomic mass is 9.91. The summed E-state index contributed by atoms with van der Waals surface area (Å²) in [7, 11) is 1.68. The van der Waals surface area contributed by atoms with Crippen LogP contribution in [0.5, 0.6) is 11.5 Å². The molecular formula is C24H25N4O2+. The fourth-order valence-electron chi connectivity index (χ4n) is 4.08. The molecule has 30 heavy (non-hydrogen) atoms. The molecule has 152 valence electrons. The summed E-state index contributed by atoms with van der Waals surface area (Å²) in [5.74, 6) is 1.68. The first-order valence-electron chi connectivity index (χ1n) is 10.3. The van der Waals surface area contributed by atoms with Gasteiger partial charge in [-0.1, -0.05) is 18.2 Å².